The zero-order chi connectivity index (χ0) is 14.7. The molecular formula is C16H22N2O3. The number of carboxylic acid groups (broad SMARTS) is 1. The molecule has 0 saturated carbocycles. The van der Waals surface area contributed by atoms with Crippen LogP contribution in [0.1, 0.15) is 47.3 Å². The molecule has 1 fully saturated rings. The van der Waals surface area contributed by atoms with Crippen molar-refractivity contribution in [1.82, 2.24) is 4.98 Å². The minimum Gasteiger partial charge on any atom is -0.478 e. The van der Waals surface area contributed by atoms with Crippen molar-refractivity contribution in [2.75, 3.05) is 25.1 Å². The minimum atomic E-state index is -0.900. The van der Waals surface area contributed by atoms with Crippen molar-refractivity contribution in [2.24, 2.45) is 5.92 Å². The molecule has 2 heterocycles. The summed E-state index contributed by atoms with van der Waals surface area (Å²) >= 11 is 0. The maximum atomic E-state index is 11.4. The highest BCUT2D eigenvalue weighted by Crippen LogP contribution is 2.25. The fourth-order valence-electron chi connectivity index (χ4n) is 3.14. The quantitative estimate of drug-likeness (QED) is 0.871. The molecule has 5 nitrogen and oxygen atoms in total. The number of fused-ring (bicyclic) bond motifs is 1. The number of carbonyl (C=O) groups is 1. The Morgan fingerprint density at radius 2 is 2.29 bits per heavy atom. The highest BCUT2D eigenvalue weighted by molar-refractivity contribution is 5.93. The number of anilines is 1. The van der Waals surface area contributed by atoms with Crippen LogP contribution in [0.3, 0.4) is 0 Å². The fourth-order valence-corrected chi connectivity index (χ4v) is 3.14. The van der Waals surface area contributed by atoms with Crippen LogP contribution in [0.15, 0.2) is 6.07 Å². The van der Waals surface area contributed by atoms with Gasteiger partial charge in [-0.25, -0.2) is 9.78 Å². The first-order chi connectivity index (χ1) is 10.2. The summed E-state index contributed by atoms with van der Waals surface area (Å²) in [6.07, 6.45) is 6.28. The van der Waals surface area contributed by atoms with Crippen LogP contribution in [0, 0.1) is 5.92 Å². The Morgan fingerprint density at radius 1 is 1.43 bits per heavy atom. The van der Waals surface area contributed by atoms with Crippen LogP contribution in [0.5, 0.6) is 0 Å². The lowest BCUT2D eigenvalue weighted by Crippen LogP contribution is -2.16. The summed E-state index contributed by atoms with van der Waals surface area (Å²) in [6.45, 7) is 2.42. The molecule has 0 amide bonds. The number of nitrogens with zero attached hydrogens (tertiary/aromatic N) is 1. The molecule has 0 aromatic carbocycles. The van der Waals surface area contributed by atoms with Gasteiger partial charge in [0.05, 0.1) is 0 Å². The molecule has 1 aromatic rings. The van der Waals surface area contributed by atoms with E-state index in [4.69, 9.17) is 4.74 Å². The van der Waals surface area contributed by atoms with Gasteiger partial charge in [-0.15, -0.1) is 0 Å². The van der Waals surface area contributed by atoms with E-state index in [1.807, 2.05) is 6.07 Å². The second kappa shape index (κ2) is 6.43. The third-order valence-electron chi connectivity index (χ3n) is 4.40. The lowest BCUT2D eigenvalue weighted by molar-refractivity contribution is 0.0697. The standard InChI is InChI=1S/C16H22N2O3/c19-16(20)13-9-12-3-1-2-4-14(12)18-15(13)17-7-5-11-6-8-21-10-11/h9,11H,1-8,10H2,(H,17,18)(H,19,20). The van der Waals surface area contributed by atoms with Crippen molar-refractivity contribution >= 4 is 11.8 Å². The number of hydrogen-bond acceptors (Lipinski definition) is 4. The van der Waals surface area contributed by atoms with E-state index in [1.54, 1.807) is 0 Å². The second-order valence-corrected chi connectivity index (χ2v) is 5.95. The molecule has 2 aliphatic rings. The van der Waals surface area contributed by atoms with Gasteiger partial charge in [0.25, 0.3) is 0 Å². The smallest absolute Gasteiger partial charge is 0.339 e. The number of aryl methyl sites for hydroxylation is 2. The number of ether oxygens (including phenoxy) is 1. The van der Waals surface area contributed by atoms with E-state index in [0.717, 1.165) is 69.5 Å². The van der Waals surface area contributed by atoms with Gasteiger partial charge in [0.1, 0.15) is 11.4 Å². The van der Waals surface area contributed by atoms with Gasteiger partial charge >= 0.3 is 5.97 Å². The van der Waals surface area contributed by atoms with Crippen LogP contribution < -0.4 is 5.32 Å². The summed E-state index contributed by atoms with van der Waals surface area (Å²) in [4.78, 5) is 16.0. The highest BCUT2D eigenvalue weighted by atomic mass is 16.5. The summed E-state index contributed by atoms with van der Waals surface area (Å²) < 4.78 is 5.36. The maximum absolute atomic E-state index is 11.4. The Labute approximate surface area is 124 Å². The SMILES string of the molecule is O=C(O)c1cc2c(nc1NCCC1CCOC1)CCCC2. The van der Waals surface area contributed by atoms with Crippen molar-refractivity contribution in [3.63, 3.8) is 0 Å². The molecule has 0 spiro atoms. The Balaban J connectivity index is 1.71. The molecule has 0 bridgehead atoms. The molecule has 3 rings (SSSR count). The third-order valence-corrected chi connectivity index (χ3v) is 4.40. The highest BCUT2D eigenvalue weighted by Gasteiger charge is 2.19. The molecule has 21 heavy (non-hydrogen) atoms. The average molecular weight is 290 g/mol. The summed E-state index contributed by atoms with van der Waals surface area (Å²) in [6, 6.07) is 1.81. The summed E-state index contributed by atoms with van der Waals surface area (Å²) in [5.74, 6) is 0.216. The normalized spacial score (nSPS) is 21.0. The number of hydrogen-bond donors (Lipinski definition) is 2. The third kappa shape index (κ3) is 3.35. The summed E-state index contributed by atoms with van der Waals surface area (Å²) in [5, 5.41) is 12.6. The molecule has 1 aliphatic carbocycles. The first-order valence-electron chi connectivity index (χ1n) is 7.82. The molecule has 1 unspecified atom stereocenters. The van der Waals surface area contributed by atoms with Crippen LogP contribution in [-0.4, -0.2) is 35.8 Å². The largest absolute Gasteiger partial charge is 0.478 e. The molecule has 1 aromatic heterocycles. The first-order valence-corrected chi connectivity index (χ1v) is 7.82. The van der Waals surface area contributed by atoms with E-state index in [-0.39, 0.29) is 0 Å². The topological polar surface area (TPSA) is 71.5 Å². The first kappa shape index (κ1) is 14.3. The van der Waals surface area contributed by atoms with Gasteiger partial charge in [-0.3, -0.25) is 0 Å². The number of aromatic carboxylic acids is 1. The van der Waals surface area contributed by atoms with Crippen LogP contribution in [0.4, 0.5) is 5.82 Å². The maximum Gasteiger partial charge on any atom is 0.339 e. The van der Waals surface area contributed by atoms with Crippen LogP contribution >= 0.6 is 0 Å². The average Bonchev–Trinajstić information content (AvgIpc) is 2.99. The zero-order valence-corrected chi connectivity index (χ0v) is 12.2. The molecular weight excluding hydrogens is 268 g/mol. The van der Waals surface area contributed by atoms with Crippen molar-refractivity contribution in [3.8, 4) is 0 Å². The van der Waals surface area contributed by atoms with E-state index < -0.39 is 5.97 Å². The van der Waals surface area contributed by atoms with Crippen LogP contribution in [0.25, 0.3) is 0 Å². The van der Waals surface area contributed by atoms with Gasteiger partial charge in [0, 0.05) is 25.5 Å². The van der Waals surface area contributed by atoms with E-state index in [2.05, 4.69) is 10.3 Å². The predicted octanol–water partition coefficient (Wildman–Crippen LogP) is 2.50. The monoisotopic (exact) mass is 290 g/mol. The molecule has 0 radical (unpaired) electrons. The predicted molar refractivity (Wildman–Crippen MR) is 79.9 cm³/mol. The van der Waals surface area contributed by atoms with E-state index in [0.29, 0.717) is 17.3 Å². The Kier molecular flexibility index (Phi) is 4.39. The fraction of sp³-hybridized carbons (Fsp3) is 0.625. The molecule has 5 heteroatoms. The Bertz CT molecular complexity index is 524. The molecule has 2 N–H and O–H groups in total. The Hall–Kier alpha value is -1.62. The van der Waals surface area contributed by atoms with Crippen molar-refractivity contribution < 1.29 is 14.6 Å². The van der Waals surface area contributed by atoms with Gasteiger partial charge in [-0.1, -0.05) is 0 Å². The number of carboxylic acids is 1. The van der Waals surface area contributed by atoms with E-state index in [9.17, 15) is 9.90 Å². The van der Waals surface area contributed by atoms with Gasteiger partial charge < -0.3 is 15.2 Å². The van der Waals surface area contributed by atoms with Crippen molar-refractivity contribution in [3.05, 3.63) is 22.9 Å². The van der Waals surface area contributed by atoms with Crippen molar-refractivity contribution in [1.29, 1.82) is 0 Å². The molecule has 1 saturated heterocycles. The van der Waals surface area contributed by atoms with Crippen LogP contribution in [0.2, 0.25) is 0 Å². The summed E-state index contributed by atoms with van der Waals surface area (Å²) in [5.41, 5.74) is 2.48. The van der Waals surface area contributed by atoms with E-state index >= 15 is 0 Å². The number of aromatic nitrogens is 1. The molecule has 1 atom stereocenters. The zero-order valence-electron chi connectivity index (χ0n) is 12.2. The minimum absolute atomic E-state index is 0.304. The second-order valence-electron chi connectivity index (χ2n) is 5.95. The lowest BCUT2D eigenvalue weighted by atomic mass is 9.94. The molecule has 114 valence electrons. The van der Waals surface area contributed by atoms with Gasteiger partial charge in [-0.05, 0) is 56.1 Å². The molecule has 1 aliphatic heterocycles. The number of pyridine rings is 1. The number of rotatable bonds is 5. The summed E-state index contributed by atoms with van der Waals surface area (Å²) in [7, 11) is 0. The lowest BCUT2D eigenvalue weighted by Gasteiger charge is -2.18. The number of nitrogens with one attached hydrogen (secondary N) is 1. The van der Waals surface area contributed by atoms with Gasteiger partial charge in [-0.2, -0.15) is 0 Å². The van der Waals surface area contributed by atoms with Crippen molar-refractivity contribution in [2.45, 2.75) is 38.5 Å². The van der Waals surface area contributed by atoms with Gasteiger partial charge in [0.15, 0.2) is 0 Å². The van der Waals surface area contributed by atoms with Crippen LogP contribution in [-0.2, 0) is 17.6 Å². The Morgan fingerprint density at radius 3 is 3.05 bits per heavy atom. The van der Waals surface area contributed by atoms with Gasteiger partial charge in [0.2, 0.25) is 0 Å². The van der Waals surface area contributed by atoms with E-state index in [1.165, 1.54) is 0 Å².